The minimum atomic E-state index is 0.0497. The van der Waals surface area contributed by atoms with E-state index >= 15 is 0 Å². The van der Waals surface area contributed by atoms with Crippen molar-refractivity contribution in [3.63, 3.8) is 0 Å². The lowest BCUT2D eigenvalue weighted by Gasteiger charge is -2.20. The van der Waals surface area contributed by atoms with Crippen LogP contribution >= 0.6 is 0 Å². The van der Waals surface area contributed by atoms with E-state index in [-0.39, 0.29) is 12.1 Å². The van der Waals surface area contributed by atoms with Gasteiger partial charge >= 0.3 is 0 Å². The second-order valence-corrected chi connectivity index (χ2v) is 4.79. The lowest BCUT2D eigenvalue weighted by molar-refractivity contribution is 0.107. The molecule has 2 aromatic rings. The monoisotopic (exact) mass is 265 g/mol. The third-order valence-electron chi connectivity index (χ3n) is 3.45. The number of nitriles is 1. The lowest BCUT2D eigenvalue weighted by atomic mass is 10.0. The standard InChI is InChI=1S/C16H15N3O/c17-10-12-6-7-15(18-11-12)19-14-8-9-20-16(14)13-4-2-1-3-5-13/h1-7,11,14,16H,8-9H2,(H,18,19)/t14-,16+/m1/s1. The average Bonchev–Trinajstić information content (AvgIpc) is 2.97. The van der Waals surface area contributed by atoms with Crippen molar-refractivity contribution < 1.29 is 4.74 Å². The van der Waals surface area contributed by atoms with Gasteiger partial charge in [0.25, 0.3) is 0 Å². The van der Waals surface area contributed by atoms with E-state index in [1.54, 1.807) is 12.3 Å². The van der Waals surface area contributed by atoms with Crippen LogP contribution in [0.4, 0.5) is 5.82 Å². The largest absolute Gasteiger partial charge is 0.371 e. The molecule has 1 aliphatic rings. The SMILES string of the molecule is N#Cc1ccc(N[C@@H]2CCO[C@H]2c2ccccc2)nc1. The van der Waals surface area contributed by atoms with Crippen LogP contribution < -0.4 is 5.32 Å². The third kappa shape index (κ3) is 2.63. The molecule has 3 rings (SSSR count). The topological polar surface area (TPSA) is 57.9 Å². The molecule has 2 atom stereocenters. The van der Waals surface area contributed by atoms with E-state index < -0.39 is 0 Å². The zero-order chi connectivity index (χ0) is 13.8. The number of hydrogen-bond donors (Lipinski definition) is 1. The minimum Gasteiger partial charge on any atom is -0.371 e. The van der Waals surface area contributed by atoms with Crippen molar-refractivity contribution in [2.75, 3.05) is 11.9 Å². The summed E-state index contributed by atoms with van der Waals surface area (Å²) in [6, 6.07) is 16.1. The summed E-state index contributed by atoms with van der Waals surface area (Å²) < 4.78 is 5.83. The zero-order valence-electron chi connectivity index (χ0n) is 11.0. The maximum atomic E-state index is 8.77. The third-order valence-corrected chi connectivity index (χ3v) is 3.45. The van der Waals surface area contributed by atoms with Crippen LogP contribution in [0, 0.1) is 11.3 Å². The van der Waals surface area contributed by atoms with Gasteiger partial charge in [-0.3, -0.25) is 0 Å². The Balaban J connectivity index is 1.74. The predicted molar refractivity (Wildman–Crippen MR) is 76.1 cm³/mol. The van der Waals surface area contributed by atoms with Crippen LogP contribution in [0.25, 0.3) is 0 Å². The molecule has 1 aromatic heterocycles. The first-order valence-corrected chi connectivity index (χ1v) is 6.66. The second kappa shape index (κ2) is 5.72. The number of nitrogens with one attached hydrogen (secondary N) is 1. The summed E-state index contributed by atoms with van der Waals surface area (Å²) in [5.74, 6) is 0.778. The predicted octanol–water partition coefficient (Wildman–Crippen LogP) is 2.90. The van der Waals surface area contributed by atoms with E-state index in [4.69, 9.17) is 10.00 Å². The van der Waals surface area contributed by atoms with E-state index in [1.165, 1.54) is 5.56 Å². The van der Waals surface area contributed by atoms with Gasteiger partial charge in [-0.05, 0) is 24.1 Å². The lowest BCUT2D eigenvalue weighted by Crippen LogP contribution is -2.23. The smallest absolute Gasteiger partial charge is 0.126 e. The summed E-state index contributed by atoms with van der Waals surface area (Å²) in [5.41, 5.74) is 1.74. The quantitative estimate of drug-likeness (QED) is 0.927. The molecule has 0 saturated carbocycles. The Bertz CT molecular complexity index is 604. The Morgan fingerprint density at radius 3 is 2.75 bits per heavy atom. The van der Waals surface area contributed by atoms with Crippen molar-refractivity contribution in [1.82, 2.24) is 4.98 Å². The maximum Gasteiger partial charge on any atom is 0.126 e. The van der Waals surface area contributed by atoms with Gasteiger partial charge in [0.2, 0.25) is 0 Å². The van der Waals surface area contributed by atoms with Crippen molar-refractivity contribution in [3.8, 4) is 6.07 Å². The molecule has 0 radical (unpaired) electrons. The van der Waals surface area contributed by atoms with E-state index in [0.717, 1.165) is 18.8 Å². The Morgan fingerprint density at radius 1 is 1.20 bits per heavy atom. The Labute approximate surface area is 118 Å². The fraction of sp³-hybridized carbons (Fsp3) is 0.250. The van der Waals surface area contributed by atoms with Gasteiger partial charge in [-0.15, -0.1) is 0 Å². The number of hydrogen-bond acceptors (Lipinski definition) is 4. The van der Waals surface area contributed by atoms with Crippen LogP contribution in [-0.2, 0) is 4.74 Å². The molecule has 4 nitrogen and oxygen atoms in total. The first kappa shape index (κ1) is 12.6. The molecule has 4 heteroatoms. The van der Waals surface area contributed by atoms with E-state index in [2.05, 4.69) is 28.5 Å². The first-order chi connectivity index (χ1) is 9.86. The molecule has 2 heterocycles. The van der Waals surface area contributed by atoms with Gasteiger partial charge in [-0.25, -0.2) is 4.98 Å². The number of rotatable bonds is 3. The molecule has 20 heavy (non-hydrogen) atoms. The van der Waals surface area contributed by atoms with Crippen molar-refractivity contribution >= 4 is 5.82 Å². The Kier molecular flexibility index (Phi) is 3.62. The van der Waals surface area contributed by atoms with E-state index in [9.17, 15) is 0 Å². The number of ether oxygens (including phenoxy) is 1. The summed E-state index contributed by atoms with van der Waals surface area (Å²) in [4.78, 5) is 4.25. The highest BCUT2D eigenvalue weighted by atomic mass is 16.5. The van der Waals surface area contributed by atoms with Crippen LogP contribution in [0.2, 0.25) is 0 Å². The summed E-state index contributed by atoms with van der Waals surface area (Å²) in [6.45, 7) is 0.744. The molecule has 1 fully saturated rings. The number of anilines is 1. The molecular weight excluding hydrogens is 250 g/mol. The van der Waals surface area contributed by atoms with Gasteiger partial charge in [0, 0.05) is 12.8 Å². The van der Waals surface area contributed by atoms with E-state index in [1.807, 2.05) is 24.3 Å². The molecule has 1 saturated heterocycles. The van der Waals surface area contributed by atoms with Crippen molar-refractivity contribution in [2.24, 2.45) is 0 Å². The van der Waals surface area contributed by atoms with Crippen LogP contribution in [0.15, 0.2) is 48.7 Å². The summed E-state index contributed by atoms with van der Waals surface area (Å²) in [6.07, 6.45) is 2.57. The second-order valence-electron chi connectivity index (χ2n) is 4.79. The Hall–Kier alpha value is -2.38. The van der Waals surface area contributed by atoms with Gasteiger partial charge in [0.15, 0.2) is 0 Å². The van der Waals surface area contributed by atoms with Gasteiger partial charge < -0.3 is 10.1 Å². The van der Waals surface area contributed by atoms with Crippen molar-refractivity contribution in [1.29, 1.82) is 5.26 Å². The normalized spacial score (nSPS) is 21.4. The molecule has 0 amide bonds. The molecule has 0 aliphatic carbocycles. The van der Waals surface area contributed by atoms with E-state index in [0.29, 0.717) is 5.56 Å². The fourth-order valence-electron chi connectivity index (χ4n) is 2.44. The van der Waals surface area contributed by atoms with Crippen LogP contribution in [0.5, 0.6) is 0 Å². The van der Waals surface area contributed by atoms with Gasteiger partial charge in [0.05, 0.1) is 11.6 Å². The number of pyridine rings is 1. The highest BCUT2D eigenvalue weighted by molar-refractivity contribution is 5.41. The van der Waals surface area contributed by atoms with Crippen molar-refractivity contribution in [3.05, 3.63) is 59.8 Å². The molecule has 0 bridgehead atoms. The molecule has 1 aliphatic heterocycles. The fourth-order valence-corrected chi connectivity index (χ4v) is 2.44. The van der Waals surface area contributed by atoms with Gasteiger partial charge in [-0.1, -0.05) is 30.3 Å². The Morgan fingerprint density at radius 2 is 2.05 bits per heavy atom. The number of nitrogens with zero attached hydrogens (tertiary/aromatic N) is 2. The summed E-state index contributed by atoms with van der Waals surface area (Å²) >= 11 is 0. The van der Waals surface area contributed by atoms with Crippen LogP contribution in [0.3, 0.4) is 0 Å². The maximum absolute atomic E-state index is 8.77. The summed E-state index contributed by atoms with van der Waals surface area (Å²) in [5, 5.41) is 12.2. The highest BCUT2D eigenvalue weighted by Crippen LogP contribution is 2.30. The first-order valence-electron chi connectivity index (χ1n) is 6.66. The molecule has 1 N–H and O–H groups in total. The molecular formula is C16H15N3O. The number of benzene rings is 1. The number of aromatic nitrogens is 1. The summed E-state index contributed by atoms with van der Waals surface area (Å²) in [7, 11) is 0. The average molecular weight is 265 g/mol. The minimum absolute atomic E-state index is 0.0497. The zero-order valence-corrected chi connectivity index (χ0v) is 11.0. The van der Waals surface area contributed by atoms with Crippen LogP contribution in [0.1, 0.15) is 23.7 Å². The van der Waals surface area contributed by atoms with Gasteiger partial charge in [-0.2, -0.15) is 5.26 Å². The molecule has 0 spiro atoms. The van der Waals surface area contributed by atoms with Crippen molar-refractivity contribution in [2.45, 2.75) is 18.6 Å². The van der Waals surface area contributed by atoms with Gasteiger partial charge in [0.1, 0.15) is 18.0 Å². The van der Waals surface area contributed by atoms with Crippen LogP contribution in [-0.4, -0.2) is 17.6 Å². The molecule has 0 unspecified atom stereocenters. The molecule has 100 valence electrons. The molecule has 1 aromatic carbocycles. The highest BCUT2D eigenvalue weighted by Gasteiger charge is 2.29.